The van der Waals surface area contributed by atoms with Gasteiger partial charge in [0.05, 0.1) is 16.3 Å². The average molecular weight is 379 g/mol. The van der Waals surface area contributed by atoms with E-state index in [1.807, 2.05) is 28.8 Å². The molecule has 0 spiro atoms. The lowest BCUT2D eigenvalue weighted by Gasteiger charge is -2.35. The molecule has 0 bridgehead atoms. The molecule has 7 nitrogen and oxygen atoms in total. The smallest absolute Gasteiger partial charge is 0.270 e. The number of hydrogen-bond donors (Lipinski definition) is 1. The van der Waals surface area contributed by atoms with Crippen LogP contribution >= 0.6 is 0 Å². The predicted octanol–water partition coefficient (Wildman–Crippen LogP) is 4.26. The molecule has 28 heavy (non-hydrogen) atoms. The fourth-order valence-corrected chi connectivity index (χ4v) is 4.18. The highest BCUT2D eigenvalue weighted by Gasteiger charge is 2.24. The molecule has 3 heterocycles. The monoisotopic (exact) mass is 379 g/mol. The summed E-state index contributed by atoms with van der Waals surface area (Å²) in [6.07, 6.45) is 6.68. The van der Waals surface area contributed by atoms with Crippen molar-refractivity contribution in [2.24, 2.45) is 0 Å². The highest BCUT2D eigenvalue weighted by atomic mass is 16.6. The van der Waals surface area contributed by atoms with Gasteiger partial charge < -0.3 is 10.1 Å². The number of hydrogen-bond acceptors (Lipinski definition) is 5. The van der Waals surface area contributed by atoms with Crippen LogP contribution in [0.5, 0.6) is 0 Å². The van der Waals surface area contributed by atoms with E-state index in [0.717, 1.165) is 42.1 Å². The van der Waals surface area contributed by atoms with Crippen molar-refractivity contribution in [2.75, 3.05) is 12.3 Å². The summed E-state index contributed by atoms with van der Waals surface area (Å²) in [4.78, 5) is 18.2. The largest absolute Gasteiger partial charge is 0.398 e. The van der Waals surface area contributed by atoms with Gasteiger partial charge in [0.15, 0.2) is 0 Å². The number of rotatable bonds is 5. The van der Waals surface area contributed by atoms with Crippen molar-refractivity contribution >= 4 is 17.0 Å². The van der Waals surface area contributed by atoms with Crippen molar-refractivity contribution in [2.45, 2.75) is 45.2 Å². The summed E-state index contributed by atoms with van der Waals surface area (Å²) in [5, 5.41) is 11.2. The maximum atomic E-state index is 11.2. The van der Waals surface area contributed by atoms with Crippen molar-refractivity contribution < 1.29 is 4.92 Å². The number of pyridine rings is 1. The van der Waals surface area contributed by atoms with Gasteiger partial charge in [0.2, 0.25) is 0 Å². The van der Waals surface area contributed by atoms with Crippen LogP contribution in [0.25, 0.3) is 16.9 Å². The van der Waals surface area contributed by atoms with E-state index in [1.165, 1.54) is 25.3 Å². The quantitative estimate of drug-likeness (QED) is 0.528. The van der Waals surface area contributed by atoms with Gasteiger partial charge >= 0.3 is 0 Å². The van der Waals surface area contributed by atoms with Crippen LogP contribution in [0.2, 0.25) is 0 Å². The van der Waals surface area contributed by atoms with Crippen molar-refractivity contribution in [3.63, 3.8) is 0 Å². The van der Waals surface area contributed by atoms with Crippen molar-refractivity contribution in [3.8, 4) is 11.3 Å². The van der Waals surface area contributed by atoms with Crippen LogP contribution < -0.4 is 5.73 Å². The fraction of sp³-hybridized carbons (Fsp3) is 0.381. The van der Waals surface area contributed by atoms with Gasteiger partial charge in [-0.2, -0.15) is 0 Å². The minimum atomic E-state index is -0.366. The number of aromatic nitrogens is 2. The highest BCUT2D eigenvalue weighted by Crippen LogP contribution is 2.31. The number of imidazole rings is 1. The molecule has 2 aromatic heterocycles. The molecule has 2 N–H and O–H groups in total. The van der Waals surface area contributed by atoms with E-state index in [1.54, 1.807) is 12.1 Å². The van der Waals surface area contributed by atoms with Crippen LogP contribution in [0.3, 0.4) is 0 Å². The number of likely N-dealkylation sites (tertiary alicyclic amines) is 1. The van der Waals surface area contributed by atoms with Crippen LogP contribution in [0.4, 0.5) is 11.4 Å². The Hall–Kier alpha value is -2.93. The first kappa shape index (κ1) is 18.4. The lowest BCUT2D eigenvalue weighted by atomic mass is 9.99. The van der Waals surface area contributed by atoms with Crippen LogP contribution in [-0.2, 0) is 6.54 Å². The second kappa shape index (κ2) is 7.59. The topological polar surface area (TPSA) is 89.7 Å². The van der Waals surface area contributed by atoms with Crippen molar-refractivity contribution in [1.82, 2.24) is 14.3 Å². The molecular formula is C21H25N5O2. The highest BCUT2D eigenvalue weighted by molar-refractivity contribution is 5.69. The Kier molecular flexibility index (Phi) is 5.00. The van der Waals surface area contributed by atoms with Gasteiger partial charge in [-0.1, -0.05) is 25.5 Å². The van der Waals surface area contributed by atoms with Gasteiger partial charge in [-0.05, 0) is 37.9 Å². The van der Waals surface area contributed by atoms with Gasteiger partial charge in [-0.15, -0.1) is 0 Å². The molecule has 0 aliphatic carbocycles. The third-order valence-electron chi connectivity index (χ3n) is 5.64. The lowest BCUT2D eigenvalue weighted by Crippen LogP contribution is -2.38. The molecule has 1 atom stereocenters. The first-order valence-electron chi connectivity index (χ1n) is 9.82. The summed E-state index contributed by atoms with van der Waals surface area (Å²) < 4.78 is 2.03. The third kappa shape index (κ3) is 3.45. The molecule has 1 fully saturated rings. The summed E-state index contributed by atoms with van der Waals surface area (Å²) in [5.74, 6) is 0. The normalized spacial score (nSPS) is 17.8. The van der Waals surface area contributed by atoms with Gasteiger partial charge in [0.1, 0.15) is 5.65 Å². The molecular weight excluding hydrogens is 354 g/mol. The van der Waals surface area contributed by atoms with E-state index in [0.29, 0.717) is 11.7 Å². The van der Waals surface area contributed by atoms with Crippen LogP contribution in [0, 0.1) is 10.1 Å². The van der Waals surface area contributed by atoms with E-state index in [4.69, 9.17) is 10.7 Å². The molecule has 1 saturated heterocycles. The molecule has 1 aliphatic rings. The Morgan fingerprint density at radius 3 is 2.93 bits per heavy atom. The Labute approximate surface area is 163 Å². The summed E-state index contributed by atoms with van der Waals surface area (Å²) in [6, 6.07) is 11.0. The average Bonchev–Trinajstić information content (AvgIpc) is 3.06. The zero-order chi connectivity index (χ0) is 19.7. The maximum absolute atomic E-state index is 11.2. The minimum Gasteiger partial charge on any atom is -0.398 e. The standard InChI is InChI=1S/C21H25N5O2/c1-2-17-7-3-4-11-24(17)14-19-21(15-6-5-8-18(12-15)26(27)28)23-20-10-9-16(22)13-25(19)20/h5-6,8-10,12-13,17H,2-4,7,11,14,22H2,1H3. The van der Waals surface area contributed by atoms with Gasteiger partial charge in [0, 0.05) is 42.2 Å². The molecule has 0 saturated carbocycles. The lowest BCUT2D eigenvalue weighted by molar-refractivity contribution is -0.384. The number of nitrogens with zero attached hydrogens (tertiary/aromatic N) is 4. The summed E-state index contributed by atoms with van der Waals surface area (Å²) >= 11 is 0. The van der Waals surface area contributed by atoms with Gasteiger partial charge in [-0.25, -0.2) is 4.98 Å². The summed E-state index contributed by atoms with van der Waals surface area (Å²) in [6.45, 7) is 4.04. The molecule has 4 rings (SSSR count). The molecule has 1 aromatic carbocycles. The van der Waals surface area contributed by atoms with Crippen LogP contribution in [-0.4, -0.2) is 31.8 Å². The zero-order valence-electron chi connectivity index (χ0n) is 16.0. The number of nitro benzene ring substituents is 1. The van der Waals surface area contributed by atoms with E-state index in [2.05, 4.69) is 11.8 Å². The molecule has 0 amide bonds. The number of fused-ring (bicyclic) bond motifs is 1. The zero-order valence-corrected chi connectivity index (χ0v) is 16.0. The molecule has 146 valence electrons. The van der Waals surface area contributed by atoms with Gasteiger partial charge in [0.25, 0.3) is 5.69 Å². The summed E-state index contributed by atoms with van der Waals surface area (Å²) in [7, 11) is 0. The van der Waals surface area contributed by atoms with E-state index >= 15 is 0 Å². The first-order valence-corrected chi connectivity index (χ1v) is 9.82. The Bertz CT molecular complexity index is 1010. The number of nitro groups is 1. The number of anilines is 1. The Morgan fingerprint density at radius 2 is 2.14 bits per heavy atom. The van der Waals surface area contributed by atoms with Crippen LogP contribution in [0.15, 0.2) is 42.6 Å². The van der Waals surface area contributed by atoms with Crippen molar-refractivity contribution in [1.29, 1.82) is 0 Å². The maximum Gasteiger partial charge on any atom is 0.270 e. The fourth-order valence-electron chi connectivity index (χ4n) is 4.18. The van der Waals surface area contributed by atoms with Crippen LogP contribution in [0.1, 0.15) is 38.3 Å². The summed E-state index contributed by atoms with van der Waals surface area (Å²) in [5.41, 5.74) is 10.2. The number of nitrogen functional groups attached to an aromatic ring is 1. The second-order valence-corrected chi connectivity index (χ2v) is 7.43. The molecule has 1 aliphatic heterocycles. The molecule has 3 aromatic rings. The Balaban J connectivity index is 1.83. The van der Waals surface area contributed by atoms with E-state index in [-0.39, 0.29) is 10.6 Å². The molecule has 0 radical (unpaired) electrons. The number of piperidine rings is 1. The van der Waals surface area contributed by atoms with E-state index < -0.39 is 0 Å². The number of non-ortho nitro benzene ring substituents is 1. The molecule has 7 heteroatoms. The predicted molar refractivity (Wildman–Crippen MR) is 110 cm³/mol. The third-order valence-corrected chi connectivity index (χ3v) is 5.64. The van der Waals surface area contributed by atoms with Gasteiger partial charge in [-0.3, -0.25) is 15.0 Å². The van der Waals surface area contributed by atoms with E-state index in [9.17, 15) is 10.1 Å². The molecule has 1 unspecified atom stereocenters. The number of benzene rings is 1. The second-order valence-electron chi connectivity index (χ2n) is 7.43. The minimum absolute atomic E-state index is 0.0735. The Morgan fingerprint density at radius 1 is 1.29 bits per heavy atom. The van der Waals surface area contributed by atoms with Crippen molar-refractivity contribution in [3.05, 3.63) is 58.4 Å². The SMILES string of the molecule is CCC1CCCCN1Cc1c(-c2cccc([N+](=O)[O-])c2)nc2ccc(N)cn12. The number of nitrogens with two attached hydrogens (primary N) is 1. The first-order chi connectivity index (χ1) is 13.6.